The summed E-state index contributed by atoms with van der Waals surface area (Å²) in [4.78, 5) is 8.14. The Hall–Kier alpha value is -3.62. The van der Waals surface area contributed by atoms with Crippen LogP contribution in [-0.2, 0) is 12.7 Å². The van der Waals surface area contributed by atoms with Crippen molar-refractivity contribution in [1.82, 2.24) is 19.7 Å². The van der Waals surface area contributed by atoms with Gasteiger partial charge in [0.1, 0.15) is 12.1 Å². The van der Waals surface area contributed by atoms with Crippen LogP contribution < -0.4 is 11.1 Å². The van der Waals surface area contributed by atoms with Crippen LogP contribution in [0.1, 0.15) is 11.1 Å². The molecule has 9 heteroatoms. The molecule has 0 saturated heterocycles. The third-order valence-electron chi connectivity index (χ3n) is 4.26. The summed E-state index contributed by atoms with van der Waals surface area (Å²) in [6, 6.07) is 12.6. The summed E-state index contributed by atoms with van der Waals surface area (Å²) in [5.41, 5.74) is 7.85. The Balaban J connectivity index is 1.50. The van der Waals surface area contributed by atoms with E-state index < -0.39 is 11.7 Å². The highest BCUT2D eigenvalue weighted by atomic mass is 19.4. The zero-order valence-electron chi connectivity index (χ0n) is 14.5. The monoisotopic (exact) mass is 384 g/mol. The van der Waals surface area contributed by atoms with Crippen molar-refractivity contribution >= 4 is 22.5 Å². The first-order valence-electron chi connectivity index (χ1n) is 8.36. The van der Waals surface area contributed by atoms with E-state index >= 15 is 0 Å². The Labute approximate surface area is 157 Å². The van der Waals surface area contributed by atoms with Gasteiger partial charge in [-0.15, -0.1) is 0 Å². The quantitative estimate of drug-likeness (QED) is 0.555. The highest BCUT2D eigenvalue weighted by molar-refractivity contribution is 5.85. The summed E-state index contributed by atoms with van der Waals surface area (Å²) >= 11 is 0. The van der Waals surface area contributed by atoms with Crippen LogP contribution in [0.2, 0.25) is 0 Å². The summed E-state index contributed by atoms with van der Waals surface area (Å²) < 4.78 is 40.0. The largest absolute Gasteiger partial charge is 0.416 e. The van der Waals surface area contributed by atoms with Gasteiger partial charge in [0, 0.05) is 12.2 Å². The lowest BCUT2D eigenvalue weighted by molar-refractivity contribution is -0.137. The van der Waals surface area contributed by atoms with Crippen molar-refractivity contribution in [2.45, 2.75) is 12.7 Å². The summed E-state index contributed by atoms with van der Waals surface area (Å²) in [5.74, 6) is 0.357. The molecule has 0 aliphatic carbocycles. The van der Waals surface area contributed by atoms with Gasteiger partial charge in [0.2, 0.25) is 0 Å². The van der Waals surface area contributed by atoms with Gasteiger partial charge in [0.25, 0.3) is 0 Å². The molecule has 2 aromatic heterocycles. The third kappa shape index (κ3) is 3.46. The SMILES string of the molecule is Nc1ncnc2c1cnn2-c1ccc(NCc2cccc(C(F)(F)F)c2)cc1. The molecule has 0 spiro atoms. The average Bonchev–Trinajstić information content (AvgIpc) is 3.12. The number of aromatic nitrogens is 4. The molecule has 6 nitrogen and oxygen atoms in total. The minimum absolute atomic E-state index is 0.276. The maximum absolute atomic E-state index is 12.8. The molecule has 2 aromatic carbocycles. The van der Waals surface area contributed by atoms with Crippen LogP contribution in [0.5, 0.6) is 0 Å². The van der Waals surface area contributed by atoms with Crippen molar-refractivity contribution in [2.75, 3.05) is 11.1 Å². The zero-order chi connectivity index (χ0) is 19.7. The molecule has 28 heavy (non-hydrogen) atoms. The van der Waals surface area contributed by atoms with Crippen LogP contribution in [0.3, 0.4) is 0 Å². The standard InChI is InChI=1S/C19H15F3N6/c20-19(21,22)13-3-1-2-12(8-13)9-24-14-4-6-15(7-5-14)28-18-16(10-27-28)17(23)25-11-26-18/h1-8,10-11,24H,9H2,(H2,23,25,26). The number of nitrogen functional groups attached to an aromatic ring is 1. The second-order valence-electron chi connectivity index (χ2n) is 6.15. The summed E-state index contributed by atoms with van der Waals surface area (Å²) in [5, 5.41) is 8.07. The first-order valence-corrected chi connectivity index (χ1v) is 8.36. The van der Waals surface area contributed by atoms with Gasteiger partial charge in [0.05, 0.1) is 22.8 Å². The zero-order valence-corrected chi connectivity index (χ0v) is 14.5. The third-order valence-corrected chi connectivity index (χ3v) is 4.26. The summed E-state index contributed by atoms with van der Waals surface area (Å²) in [7, 11) is 0. The van der Waals surface area contributed by atoms with E-state index in [1.807, 2.05) is 24.3 Å². The summed E-state index contributed by atoms with van der Waals surface area (Å²) in [6.07, 6.45) is -1.37. The number of halogens is 3. The second kappa shape index (κ2) is 6.84. The topological polar surface area (TPSA) is 81.7 Å². The molecule has 0 saturated carbocycles. The molecular formula is C19H15F3N6. The number of rotatable bonds is 4. The van der Waals surface area contributed by atoms with Gasteiger partial charge in [-0.3, -0.25) is 0 Å². The van der Waals surface area contributed by atoms with Gasteiger partial charge in [-0.1, -0.05) is 12.1 Å². The van der Waals surface area contributed by atoms with Gasteiger partial charge in [0.15, 0.2) is 5.65 Å². The lowest BCUT2D eigenvalue weighted by atomic mass is 10.1. The predicted octanol–water partition coefficient (Wildman–Crippen LogP) is 4.03. The minimum atomic E-state index is -4.35. The average molecular weight is 384 g/mol. The van der Waals surface area contributed by atoms with E-state index in [1.54, 1.807) is 16.9 Å². The van der Waals surface area contributed by atoms with Crippen LogP contribution >= 0.6 is 0 Å². The number of hydrogen-bond donors (Lipinski definition) is 2. The van der Waals surface area contributed by atoms with E-state index in [-0.39, 0.29) is 6.54 Å². The van der Waals surface area contributed by atoms with E-state index in [0.29, 0.717) is 22.4 Å². The Kier molecular flexibility index (Phi) is 4.34. The molecule has 0 fully saturated rings. The molecule has 2 heterocycles. The Morgan fingerprint density at radius 2 is 1.82 bits per heavy atom. The van der Waals surface area contributed by atoms with Gasteiger partial charge in [-0.05, 0) is 42.0 Å². The van der Waals surface area contributed by atoms with Crippen LogP contribution in [0.25, 0.3) is 16.7 Å². The molecule has 0 atom stereocenters. The predicted molar refractivity (Wildman–Crippen MR) is 99.8 cm³/mol. The molecule has 0 bridgehead atoms. The first-order chi connectivity index (χ1) is 13.4. The van der Waals surface area contributed by atoms with Crippen molar-refractivity contribution in [1.29, 1.82) is 0 Å². The van der Waals surface area contributed by atoms with Gasteiger partial charge >= 0.3 is 6.18 Å². The molecule has 0 aliphatic heterocycles. The van der Waals surface area contributed by atoms with Gasteiger partial charge in [-0.25, -0.2) is 14.6 Å². The number of nitrogens with zero attached hydrogens (tertiary/aromatic N) is 4. The van der Waals surface area contributed by atoms with Crippen LogP contribution in [-0.4, -0.2) is 19.7 Å². The minimum Gasteiger partial charge on any atom is -0.383 e. The Bertz CT molecular complexity index is 1120. The number of hydrogen-bond acceptors (Lipinski definition) is 5. The molecule has 0 amide bonds. The maximum atomic E-state index is 12.8. The molecule has 0 unspecified atom stereocenters. The molecule has 142 valence electrons. The molecular weight excluding hydrogens is 369 g/mol. The molecule has 3 N–H and O–H groups in total. The van der Waals surface area contributed by atoms with E-state index in [2.05, 4.69) is 20.4 Å². The van der Waals surface area contributed by atoms with Crippen LogP contribution in [0, 0.1) is 0 Å². The van der Waals surface area contributed by atoms with E-state index in [4.69, 9.17) is 5.73 Å². The number of benzene rings is 2. The number of nitrogens with one attached hydrogen (secondary N) is 1. The summed E-state index contributed by atoms with van der Waals surface area (Å²) in [6.45, 7) is 0.276. The number of nitrogens with two attached hydrogens (primary N) is 1. The van der Waals surface area contributed by atoms with Crippen LogP contribution in [0.15, 0.2) is 61.1 Å². The molecule has 0 aliphatic rings. The van der Waals surface area contributed by atoms with Crippen molar-refractivity contribution in [2.24, 2.45) is 0 Å². The Morgan fingerprint density at radius 3 is 2.57 bits per heavy atom. The number of alkyl halides is 3. The fourth-order valence-electron chi connectivity index (χ4n) is 2.83. The lowest BCUT2D eigenvalue weighted by Crippen LogP contribution is -2.07. The molecule has 0 radical (unpaired) electrons. The smallest absolute Gasteiger partial charge is 0.383 e. The van der Waals surface area contributed by atoms with Crippen molar-refractivity contribution in [3.05, 3.63) is 72.2 Å². The normalized spacial score (nSPS) is 11.7. The fraction of sp³-hybridized carbons (Fsp3) is 0.105. The number of anilines is 2. The van der Waals surface area contributed by atoms with Crippen molar-refractivity contribution in [3.8, 4) is 5.69 Å². The van der Waals surface area contributed by atoms with Gasteiger partial charge < -0.3 is 11.1 Å². The Morgan fingerprint density at radius 1 is 1.04 bits per heavy atom. The number of fused-ring (bicyclic) bond motifs is 1. The maximum Gasteiger partial charge on any atom is 0.416 e. The van der Waals surface area contributed by atoms with E-state index in [1.165, 1.54) is 12.4 Å². The molecule has 4 rings (SSSR count). The van der Waals surface area contributed by atoms with Crippen molar-refractivity contribution < 1.29 is 13.2 Å². The van der Waals surface area contributed by atoms with E-state index in [9.17, 15) is 13.2 Å². The van der Waals surface area contributed by atoms with Crippen molar-refractivity contribution in [3.63, 3.8) is 0 Å². The highest BCUT2D eigenvalue weighted by Gasteiger charge is 2.30. The highest BCUT2D eigenvalue weighted by Crippen LogP contribution is 2.29. The van der Waals surface area contributed by atoms with Gasteiger partial charge in [-0.2, -0.15) is 18.3 Å². The van der Waals surface area contributed by atoms with E-state index in [0.717, 1.165) is 23.5 Å². The fourth-order valence-corrected chi connectivity index (χ4v) is 2.83. The van der Waals surface area contributed by atoms with Crippen LogP contribution in [0.4, 0.5) is 24.7 Å². The second-order valence-corrected chi connectivity index (χ2v) is 6.15. The molecule has 4 aromatic rings. The lowest BCUT2D eigenvalue weighted by Gasteiger charge is -2.11. The first kappa shape index (κ1) is 17.8.